The zero-order chi connectivity index (χ0) is 20.3. The van der Waals surface area contributed by atoms with Crippen LogP contribution < -0.4 is 4.80 Å². The van der Waals surface area contributed by atoms with Gasteiger partial charge in [0.25, 0.3) is 0 Å². The lowest BCUT2D eigenvalue weighted by molar-refractivity contribution is -0.118. The van der Waals surface area contributed by atoms with Gasteiger partial charge >= 0.3 is 0 Å². The Hall–Kier alpha value is -1.96. The molecule has 0 spiro atoms. The molecule has 1 amide bonds. The molecule has 5 nitrogen and oxygen atoms in total. The smallest absolute Gasteiger partial charge is 0.248 e. The lowest BCUT2D eigenvalue weighted by Crippen LogP contribution is -2.16. The van der Waals surface area contributed by atoms with Crippen LogP contribution >= 0.6 is 22.9 Å². The first kappa shape index (κ1) is 20.8. The fourth-order valence-electron chi connectivity index (χ4n) is 2.91. The molecule has 1 heterocycles. The van der Waals surface area contributed by atoms with Gasteiger partial charge in [-0.1, -0.05) is 29.0 Å². The lowest BCUT2D eigenvalue weighted by Gasteiger charge is -2.03. The number of aromatic nitrogens is 1. The Bertz CT molecular complexity index is 1180. The van der Waals surface area contributed by atoms with Crippen molar-refractivity contribution in [2.75, 3.05) is 5.75 Å². The molecule has 148 valence electrons. The number of carbonyl (C=O) groups excluding carboxylic acids is 1. The Morgan fingerprint density at radius 2 is 1.89 bits per heavy atom. The van der Waals surface area contributed by atoms with E-state index in [0.717, 1.165) is 15.8 Å². The SMILES string of the molecule is CCn1c(=NC(=O)CCCS(=O)(=O)c2ccc(Cl)cc2)sc2cc(C)ccc21. The predicted octanol–water partition coefficient (Wildman–Crippen LogP) is 4.37. The number of aryl methyl sites for hydroxylation is 2. The molecule has 1 aromatic heterocycles. The predicted molar refractivity (Wildman–Crippen MR) is 114 cm³/mol. The number of hydrogen-bond acceptors (Lipinski definition) is 4. The molecule has 3 rings (SSSR count). The summed E-state index contributed by atoms with van der Waals surface area (Å²) >= 11 is 7.27. The van der Waals surface area contributed by atoms with Crippen molar-refractivity contribution >= 4 is 48.9 Å². The second-order valence-corrected chi connectivity index (χ2v) is 10.0. The minimum absolute atomic E-state index is 0.0871. The van der Waals surface area contributed by atoms with E-state index < -0.39 is 9.84 Å². The summed E-state index contributed by atoms with van der Waals surface area (Å²) < 4.78 is 27.8. The molecule has 0 saturated heterocycles. The van der Waals surface area contributed by atoms with Crippen LogP contribution in [0.15, 0.2) is 52.4 Å². The van der Waals surface area contributed by atoms with Crippen LogP contribution in [-0.4, -0.2) is 24.6 Å². The van der Waals surface area contributed by atoms with Gasteiger partial charge < -0.3 is 4.57 Å². The van der Waals surface area contributed by atoms with E-state index >= 15 is 0 Å². The van der Waals surface area contributed by atoms with Gasteiger partial charge in [-0.15, -0.1) is 0 Å². The second-order valence-electron chi connectivity index (χ2n) is 6.48. The van der Waals surface area contributed by atoms with Crippen LogP contribution in [0.4, 0.5) is 0 Å². The summed E-state index contributed by atoms with van der Waals surface area (Å²) in [6.45, 7) is 4.74. The number of amides is 1. The van der Waals surface area contributed by atoms with E-state index in [1.807, 2.05) is 30.5 Å². The average Bonchev–Trinajstić information content (AvgIpc) is 2.97. The molecule has 28 heavy (non-hydrogen) atoms. The standard InChI is InChI=1S/C20H21ClN2O3S2/c1-3-23-17-11-6-14(2)13-18(17)27-20(23)22-19(24)5-4-12-28(25,26)16-9-7-15(21)8-10-16/h6-11,13H,3-5,12H2,1-2H3. The third kappa shape index (κ3) is 4.71. The first-order valence-corrected chi connectivity index (χ1v) is 11.8. The number of hydrogen-bond donors (Lipinski definition) is 0. The summed E-state index contributed by atoms with van der Waals surface area (Å²) in [7, 11) is -3.44. The van der Waals surface area contributed by atoms with E-state index in [0.29, 0.717) is 16.4 Å². The van der Waals surface area contributed by atoms with E-state index in [-0.39, 0.29) is 29.4 Å². The molecule has 3 aromatic rings. The molecule has 0 saturated carbocycles. The highest BCUT2D eigenvalue weighted by Crippen LogP contribution is 2.19. The summed E-state index contributed by atoms with van der Waals surface area (Å²) in [6, 6.07) is 12.2. The Labute approximate surface area is 173 Å². The molecule has 0 aliphatic rings. The summed E-state index contributed by atoms with van der Waals surface area (Å²) in [5.41, 5.74) is 2.21. The van der Waals surface area contributed by atoms with Crippen LogP contribution in [0.25, 0.3) is 10.2 Å². The normalized spacial score (nSPS) is 12.6. The Morgan fingerprint density at radius 1 is 1.18 bits per heavy atom. The quantitative estimate of drug-likeness (QED) is 0.576. The molecule has 0 radical (unpaired) electrons. The molecule has 8 heteroatoms. The number of fused-ring (bicyclic) bond motifs is 1. The van der Waals surface area contributed by atoms with E-state index in [2.05, 4.69) is 11.1 Å². The minimum Gasteiger partial charge on any atom is -0.317 e. The maximum atomic E-state index is 12.3. The lowest BCUT2D eigenvalue weighted by atomic mass is 10.2. The molecule has 0 bridgehead atoms. The second kappa shape index (κ2) is 8.59. The summed E-state index contributed by atoms with van der Waals surface area (Å²) in [4.78, 5) is 17.4. The fourth-order valence-corrected chi connectivity index (χ4v) is 5.55. The Morgan fingerprint density at radius 3 is 2.57 bits per heavy atom. The van der Waals surface area contributed by atoms with Gasteiger partial charge in [0.1, 0.15) is 0 Å². The van der Waals surface area contributed by atoms with Gasteiger partial charge in [0.05, 0.1) is 20.9 Å². The number of rotatable bonds is 6. The highest BCUT2D eigenvalue weighted by Gasteiger charge is 2.15. The maximum Gasteiger partial charge on any atom is 0.248 e. The third-order valence-corrected chi connectivity index (χ3v) is 7.46. The molecule has 0 aliphatic heterocycles. The van der Waals surface area contributed by atoms with Gasteiger partial charge in [0.15, 0.2) is 14.6 Å². The van der Waals surface area contributed by atoms with Crippen molar-refractivity contribution in [3.05, 3.63) is 57.9 Å². The van der Waals surface area contributed by atoms with Gasteiger partial charge in [-0.25, -0.2) is 8.42 Å². The molecule has 0 N–H and O–H groups in total. The van der Waals surface area contributed by atoms with Crippen molar-refractivity contribution in [2.45, 2.75) is 38.1 Å². The number of nitrogens with zero attached hydrogens (tertiary/aromatic N) is 2. The fraction of sp³-hybridized carbons (Fsp3) is 0.300. The van der Waals surface area contributed by atoms with E-state index in [1.165, 1.54) is 23.5 Å². The molecular weight excluding hydrogens is 416 g/mol. The number of carbonyl (C=O) groups is 1. The van der Waals surface area contributed by atoms with Crippen LogP contribution in [0, 0.1) is 6.92 Å². The molecule has 0 unspecified atom stereocenters. The highest BCUT2D eigenvalue weighted by atomic mass is 35.5. The molecule has 0 atom stereocenters. The zero-order valence-corrected chi connectivity index (χ0v) is 18.1. The zero-order valence-electron chi connectivity index (χ0n) is 15.7. The van der Waals surface area contributed by atoms with Crippen LogP contribution in [0.2, 0.25) is 5.02 Å². The van der Waals surface area contributed by atoms with E-state index in [4.69, 9.17) is 11.6 Å². The average molecular weight is 437 g/mol. The van der Waals surface area contributed by atoms with Crippen LogP contribution in [0.3, 0.4) is 0 Å². The summed E-state index contributed by atoms with van der Waals surface area (Å²) in [5.74, 6) is -0.410. The van der Waals surface area contributed by atoms with Crippen LogP contribution in [0.5, 0.6) is 0 Å². The number of thiazole rings is 1. The molecule has 0 fully saturated rings. The number of benzene rings is 2. The Kier molecular flexibility index (Phi) is 6.37. The topological polar surface area (TPSA) is 68.5 Å². The highest BCUT2D eigenvalue weighted by molar-refractivity contribution is 7.91. The first-order chi connectivity index (χ1) is 13.3. The van der Waals surface area contributed by atoms with Crippen molar-refractivity contribution in [1.82, 2.24) is 4.57 Å². The Balaban J connectivity index is 1.72. The van der Waals surface area contributed by atoms with E-state index in [9.17, 15) is 13.2 Å². The van der Waals surface area contributed by atoms with Crippen molar-refractivity contribution < 1.29 is 13.2 Å². The van der Waals surface area contributed by atoms with Crippen molar-refractivity contribution in [3.63, 3.8) is 0 Å². The van der Waals surface area contributed by atoms with E-state index in [1.54, 1.807) is 12.1 Å². The van der Waals surface area contributed by atoms with Gasteiger partial charge in [-0.3, -0.25) is 4.79 Å². The van der Waals surface area contributed by atoms with Gasteiger partial charge in [0, 0.05) is 18.0 Å². The molecule has 0 aliphatic carbocycles. The summed E-state index contributed by atoms with van der Waals surface area (Å²) in [5, 5.41) is 0.482. The van der Waals surface area contributed by atoms with Crippen molar-refractivity contribution in [3.8, 4) is 0 Å². The van der Waals surface area contributed by atoms with Crippen molar-refractivity contribution in [1.29, 1.82) is 0 Å². The molecule has 2 aromatic carbocycles. The van der Waals surface area contributed by atoms with Gasteiger partial charge in [-0.05, 0) is 62.2 Å². The van der Waals surface area contributed by atoms with Gasteiger partial charge in [0.2, 0.25) is 5.91 Å². The molecular formula is C20H21ClN2O3S2. The number of sulfone groups is 1. The maximum absolute atomic E-state index is 12.3. The van der Waals surface area contributed by atoms with Crippen molar-refractivity contribution in [2.24, 2.45) is 4.99 Å². The van der Waals surface area contributed by atoms with Crippen LogP contribution in [0.1, 0.15) is 25.3 Å². The van der Waals surface area contributed by atoms with Crippen LogP contribution in [-0.2, 0) is 21.2 Å². The summed E-state index contributed by atoms with van der Waals surface area (Å²) in [6.07, 6.45) is 0.313. The minimum atomic E-state index is -3.44. The third-order valence-electron chi connectivity index (χ3n) is 4.35. The monoisotopic (exact) mass is 436 g/mol. The first-order valence-electron chi connectivity index (χ1n) is 8.96. The largest absolute Gasteiger partial charge is 0.317 e. The number of halogens is 1. The van der Waals surface area contributed by atoms with Gasteiger partial charge in [-0.2, -0.15) is 4.99 Å².